The quantitative estimate of drug-likeness (QED) is 0.400. The number of hydrogen-bond donors (Lipinski definition) is 2. The van der Waals surface area contributed by atoms with E-state index in [0.29, 0.717) is 5.70 Å². The van der Waals surface area contributed by atoms with E-state index in [2.05, 4.69) is 21.9 Å². The minimum absolute atomic E-state index is 0.0311. The molecule has 1 unspecified atom stereocenters. The third-order valence-corrected chi connectivity index (χ3v) is 3.67. The fourth-order valence-corrected chi connectivity index (χ4v) is 2.49. The average Bonchev–Trinajstić information content (AvgIpc) is 2.51. The van der Waals surface area contributed by atoms with Crippen molar-refractivity contribution < 1.29 is 27.5 Å². The molecule has 0 heterocycles. The lowest BCUT2D eigenvalue weighted by molar-refractivity contribution is -0.336. The Morgan fingerprint density at radius 3 is 2.70 bits per heavy atom. The number of alkyl halides is 3. The predicted molar refractivity (Wildman–Crippen MR) is 96.6 cm³/mol. The number of halogens is 4. The van der Waals surface area contributed by atoms with Crippen molar-refractivity contribution in [1.29, 1.82) is 0 Å². The van der Waals surface area contributed by atoms with Crippen LogP contribution >= 0.6 is 11.6 Å². The van der Waals surface area contributed by atoms with Crippen molar-refractivity contribution in [3.8, 4) is 0 Å². The molecule has 0 fully saturated rings. The molecule has 0 aromatic rings. The second kappa shape index (κ2) is 10.7. The van der Waals surface area contributed by atoms with Crippen LogP contribution in [0.5, 0.6) is 0 Å². The maximum Gasteiger partial charge on any atom is 0.523 e. The van der Waals surface area contributed by atoms with Crippen LogP contribution in [0.3, 0.4) is 0 Å². The number of nitrogens with one attached hydrogen (secondary N) is 2. The van der Waals surface area contributed by atoms with Crippen LogP contribution in [0.15, 0.2) is 59.3 Å². The Hall–Kier alpha value is -2.32. The topological polar surface area (TPSA) is 67.4 Å². The Kier molecular flexibility index (Phi) is 9.04. The number of urea groups is 1. The number of ether oxygens (including phenoxy) is 1. The van der Waals surface area contributed by atoms with Gasteiger partial charge in [-0.2, -0.15) is 0 Å². The number of amides is 3. The van der Waals surface area contributed by atoms with Gasteiger partial charge in [-0.1, -0.05) is 48.6 Å². The molecule has 0 spiro atoms. The Bertz CT molecular complexity index is 694. The highest BCUT2D eigenvalue weighted by Gasteiger charge is 2.32. The molecule has 0 radical (unpaired) electrons. The Morgan fingerprint density at radius 1 is 1.41 bits per heavy atom. The lowest BCUT2D eigenvalue weighted by Gasteiger charge is -2.18. The first-order valence-corrected chi connectivity index (χ1v) is 8.41. The lowest BCUT2D eigenvalue weighted by atomic mass is 10.1. The van der Waals surface area contributed by atoms with E-state index < -0.39 is 24.4 Å². The highest BCUT2D eigenvalue weighted by Crippen LogP contribution is 2.23. The summed E-state index contributed by atoms with van der Waals surface area (Å²) >= 11 is 5.93. The molecule has 0 bridgehead atoms. The average molecular weight is 405 g/mol. The molecular formula is C18H20ClF3N2O3. The van der Waals surface area contributed by atoms with E-state index in [1.165, 1.54) is 24.3 Å². The van der Waals surface area contributed by atoms with E-state index in [0.717, 1.165) is 0 Å². The van der Waals surface area contributed by atoms with Crippen molar-refractivity contribution in [2.45, 2.75) is 38.7 Å². The molecule has 9 heteroatoms. The van der Waals surface area contributed by atoms with Crippen molar-refractivity contribution >= 4 is 23.5 Å². The normalized spacial score (nSPS) is 22.0. The van der Waals surface area contributed by atoms with Crippen molar-refractivity contribution in [2.24, 2.45) is 0 Å². The van der Waals surface area contributed by atoms with Gasteiger partial charge in [0.05, 0.1) is 16.7 Å². The summed E-state index contributed by atoms with van der Waals surface area (Å²) in [6.45, 7) is 5.20. The molecule has 1 aliphatic carbocycles. The first-order valence-electron chi connectivity index (χ1n) is 8.03. The molecular weight excluding hydrogens is 385 g/mol. The van der Waals surface area contributed by atoms with Gasteiger partial charge >= 0.3 is 12.4 Å². The van der Waals surface area contributed by atoms with Crippen LogP contribution in [0.1, 0.15) is 26.2 Å². The molecule has 2 N–H and O–H groups in total. The summed E-state index contributed by atoms with van der Waals surface area (Å²) < 4.78 is 40.7. The van der Waals surface area contributed by atoms with Gasteiger partial charge in [-0.3, -0.25) is 14.8 Å². The van der Waals surface area contributed by atoms with Gasteiger partial charge in [-0.25, -0.2) is 4.79 Å². The molecule has 0 saturated carbocycles. The van der Waals surface area contributed by atoms with E-state index in [1.54, 1.807) is 19.1 Å². The van der Waals surface area contributed by atoms with Gasteiger partial charge in [0.15, 0.2) is 0 Å². The van der Waals surface area contributed by atoms with Crippen LogP contribution < -0.4 is 10.6 Å². The summed E-state index contributed by atoms with van der Waals surface area (Å²) in [5.41, 5.74) is 0.481. The summed E-state index contributed by atoms with van der Waals surface area (Å²) in [6, 6.07) is -0.785. The van der Waals surface area contributed by atoms with Gasteiger partial charge in [-0.05, 0) is 25.8 Å². The SMILES string of the molecule is C=C/C(C(=O)NC(=O)N/C1=C/CCC(OC(F)(F)F)/C=C\C1)=C(Cl)\C=C/C. The minimum atomic E-state index is -4.70. The first-order chi connectivity index (χ1) is 12.7. The van der Waals surface area contributed by atoms with Crippen LogP contribution in [-0.2, 0) is 9.53 Å². The molecule has 27 heavy (non-hydrogen) atoms. The first kappa shape index (κ1) is 22.7. The highest BCUT2D eigenvalue weighted by molar-refractivity contribution is 6.34. The van der Waals surface area contributed by atoms with E-state index in [9.17, 15) is 22.8 Å². The van der Waals surface area contributed by atoms with E-state index >= 15 is 0 Å². The zero-order valence-electron chi connectivity index (χ0n) is 14.6. The second-order valence-electron chi connectivity index (χ2n) is 5.42. The molecule has 1 aliphatic rings. The van der Waals surface area contributed by atoms with Crippen LogP contribution in [0.2, 0.25) is 0 Å². The smallest absolute Gasteiger partial charge is 0.311 e. The molecule has 3 amide bonds. The summed E-state index contributed by atoms with van der Waals surface area (Å²) in [7, 11) is 0. The number of rotatable bonds is 5. The van der Waals surface area contributed by atoms with Crippen LogP contribution in [0, 0.1) is 0 Å². The lowest BCUT2D eigenvalue weighted by Crippen LogP contribution is -2.39. The monoisotopic (exact) mass is 404 g/mol. The van der Waals surface area contributed by atoms with Crippen molar-refractivity contribution in [3.63, 3.8) is 0 Å². The minimum Gasteiger partial charge on any atom is -0.311 e. The van der Waals surface area contributed by atoms with E-state index in [1.807, 2.05) is 0 Å². The molecule has 0 aromatic heterocycles. The molecule has 5 nitrogen and oxygen atoms in total. The highest BCUT2D eigenvalue weighted by atomic mass is 35.5. The number of carbonyl (C=O) groups excluding carboxylic acids is 2. The van der Waals surface area contributed by atoms with Gasteiger partial charge in [0.2, 0.25) is 0 Å². The summed E-state index contributed by atoms with van der Waals surface area (Å²) in [5.74, 6) is -0.730. The largest absolute Gasteiger partial charge is 0.523 e. The van der Waals surface area contributed by atoms with Crippen LogP contribution in [0.4, 0.5) is 18.0 Å². The third-order valence-electron chi connectivity index (χ3n) is 3.34. The summed E-state index contributed by atoms with van der Waals surface area (Å²) in [5, 5.41) is 4.73. The predicted octanol–water partition coefficient (Wildman–Crippen LogP) is 4.60. The summed E-state index contributed by atoms with van der Waals surface area (Å²) in [4.78, 5) is 24.0. The van der Waals surface area contributed by atoms with Gasteiger partial charge in [0, 0.05) is 12.1 Å². The van der Waals surface area contributed by atoms with Crippen molar-refractivity contribution in [2.75, 3.05) is 0 Å². The summed E-state index contributed by atoms with van der Waals surface area (Å²) in [6.07, 6.45) is 3.43. The number of hydrogen-bond acceptors (Lipinski definition) is 3. The Balaban J connectivity index is 2.64. The van der Waals surface area contributed by atoms with E-state index in [4.69, 9.17) is 11.6 Å². The van der Waals surface area contributed by atoms with Gasteiger partial charge in [-0.15, -0.1) is 13.2 Å². The van der Waals surface area contributed by atoms with Gasteiger partial charge in [0.1, 0.15) is 0 Å². The van der Waals surface area contributed by atoms with Crippen molar-refractivity contribution in [3.05, 3.63) is 59.3 Å². The zero-order chi connectivity index (χ0) is 20.4. The molecule has 0 aromatic carbocycles. The standard InChI is InChI=1S/C18H20ClF3N2O3/c1-3-7-15(19)14(4-2)16(25)24-17(26)23-12-8-5-10-13(11-6-9-12)27-18(20,21)22/h3-5,7,9-10,13H,2,6,8,11H2,1H3,(H2,23,24,25,26)/b7-3-,10-5-,12-9+,15-14-. The number of allylic oxidation sites excluding steroid dienone is 5. The van der Waals surface area contributed by atoms with Crippen LogP contribution in [0.25, 0.3) is 0 Å². The fourth-order valence-electron chi connectivity index (χ4n) is 2.20. The Labute approximate surface area is 160 Å². The van der Waals surface area contributed by atoms with Crippen molar-refractivity contribution in [1.82, 2.24) is 10.6 Å². The maximum absolute atomic E-state index is 12.3. The second-order valence-corrected chi connectivity index (χ2v) is 5.82. The molecule has 1 rings (SSSR count). The molecule has 1 atom stereocenters. The van der Waals surface area contributed by atoms with E-state index in [-0.39, 0.29) is 29.9 Å². The number of imide groups is 1. The van der Waals surface area contributed by atoms with Gasteiger partial charge in [0.25, 0.3) is 5.91 Å². The Morgan fingerprint density at radius 2 is 2.11 bits per heavy atom. The van der Waals surface area contributed by atoms with Gasteiger partial charge < -0.3 is 5.32 Å². The third kappa shape index (κ3) is 8.74. The molecule has 148 valence electrons. The zero-order valence-corrected chi connectivity index (χ0v) is 15.4. The molecule has 0 saturated heterocycles. The van der Waals surface area contributed by atoms with Crippen LogP contribution in [-0.4, -0.2) is 24.4 Å². The molecule has 0 aliphatic heterocycles. The maximum atomic E-state index is 12.3. The fraction of sp³-hybridized carbons (Fsp3) is 0.333. The number of carbonyl (C=O) groups is 2.